The van der Waals surface area contributed by atoms with Gasteiger partial charge in [-0.1, -0.05) is 6.07 Å². The van der Waals surface area contributed by atoms with Crippen LogP contribution < -0.4 is 0 Å². The van der Waals surface area contributed by atoms with E-state index in [4.69, 9.17) is 10.2 Å². The van der Waals surface area contributed by atoms with Crippen molar-refractivity contribution in [1.29, 1.82) is 0 Å². The fraction of sp³-hybridized carbons (Fsp3) is 0.333. The molecule has 0 saturated carbocycles. The van der Waals surface area contributed by atoms with Gasteiger partial charge in [-0.15, -0.1) is 0 Å². The molecule has 0 bridgehead atoms. The molecule has 0 aliphatic heterocycles. The summed E-state index contributed by atoms with van der Waals surface area (Å²) in [7, 11) is 0. The predicted molar refractivity (Wildman–Crippen MR) is 44.8 cm³/mol. The highest BCUT2D eigenvalue weighted by Gasteiger charge is 2.11. The van der Waals surface area contributed by atoms with Crippen LogP contribution in [-0.2, 0) is 0 Å². The highest BCUT2D eigenvalue weighted by molar-refractivity contribution is 5.42. The zero-order chi connectivity index (χ0) is 9.30. The number of hydrogen-bond acceptors (Lipinski definition) is 3. The molecule has 1 aromatic rings. The van der Waals surface area contributed by atoms with E-state index in [0.717, 1.165) is 5.56 Å². The zero-order valence-electron chi connectivity index (χ0n) is 7.07. The molecule has 0 fully saturated rings. The topological polar surface area (TPSA) is 60.7 Å². The van der Waals surface area contributed by atoms with Crippen molar-refractivity contribution in [3.8, 4) is 5.75 Å². The molecule has 1 rings (SSSR count). The number of phenols is 1. The van der Waals surface area contributed by atoms with Crippen LogP contribution in [0.1, 0.15) is 23.0 Å². The third-order valence-corrected chi connectivity index (χ3v) is 1.77. The number of aromatic hydroxyl groups is 1. The zero-order valence-corrected chi connectivity index (χ0v) is 7.07. The van der Waals surface area contributed by atoms with Crippen molar-refractivity contribution in [2.75, 3.05) is 0 Å². The largest absolute Gasteiger partial charge is 0.507 e. The van der Waals surface area contributed by atoms with Gasteiger partial charge in [0.05, 0.1) is 5.56 Å². The molecule has 3 nitrogen and oxygen atoms in total. The van der Waals surface area contributed by atoms with E-state index in [0.29, 0.717) is 5.56 Å². The van der Waals surface area contributed by atoms with Crippen molar-refractivity contribution in [2.45, 2.75) is 20.1 Å². The molecule has 0 unspecified atom stereocenters. The molecule has 1 aromatic carbocycles. The lowest BCUT2D eigenvalue weighted by atomic mass is 10.0. The smallest absolute Gasteiger partial charge is 0.182 e. The molecule has 0 radical (unpaired) electrons. The van der Waals surface area contributed by atoms with Crippen LogP contribution in [0.4, 0.5) is 0 Å². The first-order valence-electron chi connectivity index (χ1n) is 3.68. The quantitative estimate of drug-likeness (QED) is 0.548. The first-order chi connectivity index (χ1) is 5.52. The maximum Gasteiger partial charge on any atom is 0.182 e. The Bertz CT molecular complexity index is 269. The number of phenolic OH excluding ortho intramolecular Hbond substituents is 1. The number of aliphatic hydroxyl groups is 2. The fourth-order valence-electron chi connectivity index (χ4n) is 1.29. The van der Waals surface area contributed by atoms with Gasteiger partial charge in [0.1, 0.15) is 5.75 Å². The van der Waals surface area contributed by atoms with Crippen LogP contribution in [0.5, 0.6) is 5.75 Å². The van der Waals surface area contributed by atoms with Crippen LogP contribution >= 0.6 is 0 Å². The molecule has 0 amide bonds. The van der Waals surface area contributed by atoms with E-state index < -0.39 is 6.29 Å². The second kappa shape index (κ2) is 3.13. The average Bonchev–Trinajstić information content (AvgIpc) is 1.82. The third kappa shape index (κ3) is 1.57. The van der Waals surface area contributed by atoms with Crippen molar-refractivity contribution in [3.05, 3.63) is 28.8 Å². The normalized spacial score (nSPS) is 10.8. The van der Waals surface area contributed by atoms with E-state index in [2.05, 4.69) is 0 Å². The Kier molecular flexibility index (Phi) is 2.35. The van der Waals surface area contributed by atoms with E-state index >= 15 is 0 Å². The molecule has 3 heteroatoms. The molecule has 12 heavy (non-hydrogen) atoms. The molecule has 0 saturated heterocycles. The number of hydrogen-bond donors (Lipinski definition) is 3. The molecule has 0 atom stereocenters. The minimum absolute atomic E-state index is 0.0671. The van der Waals surface area contributed by atoms with Crippen molar-refractivity contribution < 1.29 is 15.3 Å². The van der Waals surface area contributed by atoms with Crippen molar-refractivity contribution in [2.24, 2.45) is 0 Å². The van der Waals surface area contributed by atoms with Crippen LogP contribution in [-0.4, -0.2) is 15.3 Å². The monoisotopic (exact) mass is 168 g/mol. The van der Waals surface area contributed by atoms with E-state index in [1.807, 2.05) is 6.92 Å². The summed E-state index contributed by atoms with van der Waals surface area (Å²) in [5.41, 5.74) is 1.76. The summed E-state index contributed by atoms with van der Waals surface area (Å²) in [6, 6.07) is 3.29. The Morgan fingerprint density at radius 1 is 1.17 bits per heavy atom. The molecule has 0 heterocycles. The SMILES string of the molecule is Cc1cc(C)c(C(O)O)c(O)c1. The summed E-state index contributed by atoms with van der Waals surface area (Å²) in [5.74, 6) is -0.0671. The summed E-state index contributed by atoms with van der Waals surface area (Å²) in [6.07, 6.45) is -1.61. The summed E-state index contributed by atoms with van der Waals surface area (Å²) in [5, 5.41) is 27.1. The van der Waals surface area contributed by atoms with Crippen molar-refractivity contribution in [1.82, 2.24) is 0 Å². The second-order valence-electron chi connectivity index (χ2n) is 2.89. The van der Waals surface area contributed by atoms with Crippen molar-refractivity contribution in [3.63, 3.8) is 0 Å². The second-order valence-corrected chi connectivity index (χ2v) is 2.89. The lowest BCUT2D eigenvalue weighted by Crippen LogP contribution is -1.99. The van der Waals surface area contributed by atoms with Crippen LogP contribution in [0.3, 0.4) is 0 Å². The van der Waals surface area contributed by atoms with Crippen molar-refractivity contribution >= 4 is 0 Å². The standard InChI is InChI=1S/C9H12O3/c1-5-3-6(2)8(9(11)12)7(10)4-5/h3-4,9-12H,1-2H3. The van der Waals surface area contributed by atoms with Gasteiger partial charge in [0.15, 0.2) is 6.29 Å². The lowest BCUT2D eigenvalue weighted by molar-refractivity contribution is -0.0443. The van der Waals surface area contributed by atoms with E-state index in [9.17, 15) is 5.11 Å². The number of aliphatic hydroxyl groups excluding tert-OH is 1. The highest BCUT2D eigenvalue weighted by Crippen LogP contribution is 2.27. The highest BCUT2D eigenvalue weighted by atomic mass is 16.5. The van der Waals surface area contributed by atoms with Crippen LogP contribution in [0.2, 0.25) is 0 Å². The summed E-state index contributed by atoms with van der Waals surface area (Å²) in [4.78, 5) is 0. The van der Waals surface area contributed by atoms with Gasteiger partial charge in [0.25, 0.3) is 0 Å². The average molecular weight is 168 g/mol. The first-order valence-corrected chi connectivity index (χ1v) is 3.68. The predicted octanol–water partition coefficient (Wildman–Crippen LogP) is 0.992. The van der Waals surface area contributed by atoms with Gasteiger partial charge in [-0.05, 0) is 31.0 Å². The Labute approximate surface area is 70.9 Å². The molecular formula is C9H12O3. The van der Waals surface area contributed by atoms with Gasteiger partial charge in [-0.2, -0.15) is 0 Å². The van der Waals surface area contributed by atoms with Gasteiger partial charge < -0.3 is 15.3 Å². The molecule has 3 N–H and O–H groups in total. The molecule has 0 aliphatic carbocycles. The Balaban J connectivity index is 3.28. The minimum atomic E-state index is -1.61. The van der Waals surface area contributed by atoms with Crippen LogP contribution in [0, 0.1) is 13.8 Å². The number of benzene rings is 1. The molecule has 0 spiro atoms. The Hall–Kier alpha value is -1.06. The maximum atomic E-state index is 9.32. The summed E-state index contributed by atoms with van der Waals surface area (Å²) < 4.78 is 0. The van der Waals surface area contributed by atoms with Gasteiger partial charge in [-0.3, -0.25) is 0 Å². The van der Waals surface area contributed by atoms with E-state index in [-0.39, 0.29) is 11.3 Å². The van der Waals surface area contributed by atoms with Crippen LogP contribution in [0.25, 0.3) is 0 Å². The molecule has 0 aromatic heterocycles. The number of rotatable bonds is 1. The van der Waals surface area contributed by atoms with E-state index in [1.165, 1.54) is 6.07 Å². The van der Waals surface area contributed by atoms with Gasteiger partial charge >= 0.3 is 0 Å². The fourth-order valence-corrected chi connectivity index (χ4v) is 1.29. The maximum absolute atomic E-state index is 9.32. The van der Waals surface area contributed by atoms with Gasteiger partial charge in [-0.25, -0.2) is 0 Å². The van der Waals surface area contributed by atoms with Gasteiger partial charge in [0, 0.05) is 0 Å². The van der Waals surface area contributed by atoms with Gasteiger partial charge in [0.2, 0.25) is 0 Å². The molecular weight excluding hydrogens is 156 g/mol. The number of aryl methyl sites for hydroxylation is 2. The Morgan fingerprint density at radius 3 is 2.17 bits per heavy atom. The van der Waals surface area contributed by atoms with Crippen LogP contribution in [0.15, 0.2) is 12.1 Å². The summed E-state index contributed by atoms with van der Waals surface area (Å²) >= 11 is 0. The first kappa shape index (κ1) is 9.03. The minimum Gasteiger partial charge on any atom is -0.507 e. The Morgan fingerprint density at radius 2 is 1.75 bits per heavy atom. The van der Waals surface area contributed by atoms with E-state index in [1.54, 1.807) is 13.0 Å². The third-order valence-electron chi connectivity index (χ3n) is 1.77. The molecule has 0 aliphatic rings. The summed E-state index contributed by atoms with van der Waals surface area (Å²) in [6.45, 7) is 3.56. The lowest BCUT2D eigenvalue weighted by Gasteiger charge is -2.10. The molecule has 66 valence electrons.